The van der Waals surface area contributed by atoms with E-state index in [0.717, 1.165) is 25.7 Å². The van der Waals surface area contributed by atoms with E-state index in [9.17, 15) is 19.8 Å². The lowest BCUT2D eigenvalue weighted by Gasteiger charge is -2.60. The standard InChI is InChI=1S/C27H44O5Si/c1-24(2,3)33(6,7)32-16-22(30)27(31)13-11-20-19-9-8-17-14-18(28)10-12-25(17,4)23(19)21(29)15-26(20,27)5/h14,19-21,23,29,31H,8-13,15-16H2,1-7H3/t19-,20-,21-,23+,25-,26-,27-/m0/s1. The summed E-state index contributed by atoms with van der Waals surface area (Å²) in [6.45, 7) is 14.9. The Kier molecular flexibility index (Phi) is 6.00. The number of aliphatic hydroxyl groups excluding tert-OH is 1. The second-order valence-electron chi connectivity index (χ2n) is 13.4. The van der Waals surface area contributed by atoms with E-state index in [2.05, 4.69) is 40.8 Å². The SMILES string of the molecule is CC(C)(C)[Si](C)(C)OCC(=O)[C@@]1(O)CC[C@H]2[C@@H]3CCC4=CC(=O)CC[C@]4(C)[C@H]3[C@@H](O)C[C@@]21C. The Balaban J connectivity index is 1.59. The van der Waals surface area contributed by atoms with Crippen molar-refractivity contribution in [3.05, 3.63) is 11.6 Å². The topological polar surface area (TPSA) is 83.8 Å². The molecule has 0 aromatic carbocycles. The first-order valence-electron chi connectivity index (χ1n) is 12.9. The third kappa shape index (κ3) is 3.66. The molecule has 6 heteroatoms. The van der Waals surface area contributed by atoms with Crippen LogP contribution in [0.25, 0.3) is 0 Å². The Hall–Kier alpha value is -0.823. The van der Waals surface area contributed by atoms with Gasteiger partial charge in [0.05, 0.1) is 12.7 Å². The zero-order chi connectivity index (χ0) is 24.6. The second-order valence-corrected chi connectivity index (χ2v) is 18.3. The molecule has 2 N–H and O–H groups in total. The van der Waals surface area contributed by atoms with Gasteiger partial charge in [-0.2, -0.15) is 0 Å². The lowest BCUT2D eigenvalue weighted by atomic mass is 9.45. The van der Waals surface area contributed by atoms with Gasteiger partial charge in [-0.3, -0.25) is 9.59 Å². The van der Waals surface area contributed by atoms with Gasteiger partial charge in [0.1, 0.15) is 5.60 Å². The van der Waals surface area contributed by atoms with E-state index in [1.807, 2.05) is 13.0 Å². The Morgan fingerprint density at radius 3 is 2.48 bits per heavy atom. The quantitative estimate of drug-likeness (QED) is 0.569. The van der Waals surface area contributed by atoms with E-state index in [-0.39, 0.29) is 46.4 Å². The van der Waals surface area contributed by atoms with E-state index < -0.39 is 25.4 Å². The van der Waals surface area contributed by atoms with E-state index in [1.54, 1.807) is 0 Å². The van der Waals surface area contributed by atoms with Crippen molar-refractivity contribution in [2.45, 2.75) is 109 Å². The molecule has 33 heavy (non-hydrogen) atoms. The fourth-order valence-electron chi connectivity index (χ4n) is 7.73. The summed E-state index contributed by atoms with van der Waals surface area (Å²) in [7, 11) is -2.11. The van der Waals surface area contributed by atoms with Gasteiger partial charge >= 0.3 is 0 Å². The first-order valence-corrected chi connectivity index (χ1v) is 15.8. The molecule has 0 saturated heterocycles. The highest BCUT2D eigenvalue weighted by Crippen LogP contribution is 2.67. The summed E-state index contributed by atoms with van der Waals surface area (Å²) < 4.78 is 6.22. The molecule has 0 aromatic heterocycles. The molecule has 0 unspecified atom stereocenters. The van der Waals surface area contributed by atoms with Crippen LogP contribution in [0.5, 0.6) is 0 Å². The van der Waals surface area contributed by atoms with Crippen molar-refractivity contribution < 1.29 is 24.2 Å². The van der Waals surface area contributed by atoms with Crippen LogP contribution in [0.4, 0.5) is 0 Å². The molecule has 0 heterocycles. The summed E-state index contributed by atoms with van der Waals surface area (Å²) in [6, 6.07) is 0. The molecule has 0 radical (unpaired) electrons. The van der Waals surface area contributed by atoms with Crippen molar-refractivity contribution in [1.82, 2.24) is 0 Å². The molecular formula is C27H44O5Si. The zero-order valence-electron chi connectivity index (χ0n) is 21.7. The number of Topliss-reactive ketones (excluding diaryl/α,β-unsaturated/α-hetero) is 1. The van der Waals surface area contributed by atoms with Crippen LogP contribution >= 0.6 is 0 Å². The molecule has 0 spiro atoms. The third-order valence-electron chi connectivity index (χ3n) is 10.9. The Morgan fingerprint density at radius 1 is 1.18 bits per heavy atom. The molecule has 186 valence electrons. The number of carbonyl (C=O) groups excluding carboxylic acids is 2. The van der Waals surface area contributed by atoms with Crippen molar-refractivity contribution in [1.29, 1.82) is 0 Å². The van der Waals surface area contributed by atoms with Gasteiger partial charge in [-0.1, -0.05) is 40.2 Å². The highest BCUT2D eigenvalue weighted by molar-refractivity contribution is 6.74. The summed E-state index contributed by atoms with van der Waals surface area (Å²) in [6.07, 6.45) is 6.07. The number of fused-ring (bicyclic) bond motifs is 5. The molecule has 5 nitrogen and oxygen atoms in total. The lowest BCUT2D eigenvalue weighted by Crippen LogP contribution is -2.62. The number of carbonyl (C=O) groups is 2. The Morgan fingerprint density at radius 2 is 1.85 bits per heavy atom. The monoisotopic (exact) mass is 476 g/mol. The van der Waals surface area contributed by atoms with Crippen LogP contribution < -0.4 is 0 Å². The van der Waals surface area contributed by atoms with Gasteiger partial charge in [-0.25, -0.2) is 0 Å². The van der Waals surface area contributed by atoms with Crippen LogP contribution in [-0.4, -0.2) is 48.4 Å². The van der Waals surface area contributed by atoms with Crippen molar-refractivity contribution in [3.8, 4) is 0 Å². The number of rotatable bonds is 4. The van der Waals surface area contributed by atoms with E-state index in [0.29, 0.717) is 19.3 Å². The van der Waals surface area contributed by atoms with E-state index >= 15 is 0 Å². The maximum atomic E-state index is 13.5. The first kappa shape index (κ1) is 25.3. The molecule has 0 bridgehead atoms. The number of aliphatic hydroxyl groups is 2. The first-order chi connectivity index (χ1) is 15.1. The molecule has 4 aliphatic rings. The number of hydrogen-bond donors (Lipinski definition) is 2. The Bertz CT molecular complexity index is 872. The zero-order valence-corrected chi connectivity index (χ0v) is 22.7. The van der Waals surface area contributed by atoms with Crippen LogP contribution in [-0.2, 0) is 14.0 Å². The van der Waals surface area contributed by atoms with Gasteiger partial charge in [-0.05, 0) is 85.9 Å². The molecule has 4 rings (SSSR count). The van der Waals surface area contributed by atoms with Gasteiger partial charge in [0.25, 0.3) is 0 Å². The van der Waals surface area contributed by atoms with Crippen molar-refractivity contribution in [2.24, 2.45) is 28.6 Å². The third-order valence-corrected chi connectivity index (χ3v) is 15.4. The van der Waals surface area contributed by atoms with E-state index in [4.69, 9.17) is 4.43 Å². The highest BCUT2D eigenvalue weighted by atomic mass is 28.4. The average molecular weight is 477 g/mol. The molecular weight excluding hydrogens is 432 g/mol. The van der Waals surface area contributed by atoms with Crippen LogP contribution in [0.15, 0.2) is 11.6 Å². The van der Waals surface area contributed by atoms with Gasteiger partial charge in [0.2, 0.25) is 0 Å². The minimum absolute atomic E-state index is 0.00356. The molecule has 3 saturated carbocycles. The van der Waals surface area contributed by atoms with Crippen molar-refractivity contribution in [3.63, 3.8) is 0 Å². The van der Waals surface area contributed by atoms with E-state index in [1.165, 1.54) is 5.57 Å². The maximum absolute atomic E-state index is 13.5. The molecule has 4 aliphatic carbocycles. The minimum atomic E-state index is -2.11. The molecule has 0 aliphatic heterocycles. The predicted molar refractivity (Wildman–Crippen MR) is 131 cm³/mol. The van der Waals surface area contributed by atoms with Crippen LogP contribution in [0.2, 0.25) is 18.1 Å². The molecule has 7 atom stereocenters. The van der Waals surface area contributed by atoms with Gasteiger partial charge in [0, 0.05) is 11.8 Å². The average Bonchev–Trinajstić information content (AvgIpc) is 2.97. The number of allylic oxidation sites excluding steroid dienone is 1. The number of ketones is 2. The summed E-state index contributed by atoms with van der Waals surface area (Å²) >= 11 is 0. The molecule has 0 amide bonds. The normalized spacial score (nSPS) is 43.4. The summed E-state index contributed by atoms with van der Waals surface area (Å²) in [4.78, 5) is 25.6. The summed E-state index contributed by atoms with van der Waals surface area (Å²) in [5.74, 6) is 0.540. The second kappa shape index (κ2) is 7.84. The van der Waals surface area contributed by atoms with Gasteiger partial charge in [0.15, 0.2) is 19.9 Å². The highest BCUT2D eigenvalue weighted by Gasteiger charge is 2.68. The smallest absolute Gasteiger partial charge is 0.192 e. The molecule has 0 aromatic rings. The maximum Gasteiger partial charge on any atom is 0.192 e. The summed E-state index contributed by atoms with van der Waals surface area (Å²) in [5, 5.41) is 23.4. The molecule has 3 fully saturated rings. The van der Waals surface area contributed by atoms with Crippen LogP contribution in [0.3, 0.4) is 0 Å². The largest absolute Gasteiger partial charge is 0.409 e. The van der Waals surface area contributed by atoms with Gasteiger partial charge in [-0.15, -0.1) is 0 Å². The predicted octanol–water partition coefficient (Wildman–Crippen LogP) is 4.81. The Labute approximate surface area is 200 Å². The number of hydrogen-bond acceptors (Lipinski definition) is 5. The lowest BCUT2D eigenvalue weighted by molar-refractivity contribution is -0.182. The van der Waals surface area contributed by atoms with Crippen molar-refractivity contribution >= 4 is 19.9 Å². The summed E-state index contributed by atoms with van der Waals surface area (Å²) in [5.41, 5.74) is -1.06. The van der Waals surface area contributed by atoms with Crippen LogP contribution in [0, 0.1) is 28.6 Å². The van der Waals surface area contributed by atoms with Crippen LogP contribution in [0.1, 0.15) is 79.6 Å². The fourth-order valence-corrected chi connectivity index (χ4v) is 8.66. The minimum Gasteiger partial charge on any atom is -0.409 e. The fraction of sp³-hybridized carbons (Fsp3) is 0.852. The van der Waals surface area contributed by atoms with Crippen molar-refractivity contribution in [2.75, 3.05) is 6.61 Å². The van der Waals surface area contributed by atoms with Gasteiger partial charge < -0.3 is 14.6 Å².